The number of benzene rings is 3. The SMILES string of the molecule is CC(C)(C)c1ccc(CN2CCN(C(=O)c3cc(-c4ccccc4)nc4ccc(Br)cc34)CC2)cc1. The van der Waals surface area contributed by atoms with Gasteiger partial charge in [-0.05, 0) is 40.8 Å². The summed E-state index contributed by atoms with van der Waals surface area (Å²) >= 11 is 3.57. The average molecular weight is 543 g/mol. The third-order valence-electron chi connectivity index (χ3n) is 6.96. The minimum Gasteiger partial charge on any atom is -0.336 e. The molecule has 5 heteroatoms. The molecule has 4 aromatic rings. The first-order valence-electron chi connectivity index (χ1n) is 12.5. The van der Waals surface area contributed by atoms with Gasteiger partial charge in [-0.3, -0.25) is 9.69 Å². The minimum absolute atomic E-state index is 0.0758. The molecule has 2 heterocycles. The zero-order valence-corrected chi connectivity index (χ0v) is 22.8. The first-order valence-corrected chi connectivity index (χ1v) is 13.3. The second-order valence-electron chi connectivity index (χ2n) is 10.6. The minimum atomic E-state index is 0.0758. The number of hydrogen-bond donors (Lipinski definition) is 0. The van der Waals surface area contributed by atoms with Crippen LogP contribution in [0.4, 0.5) is 0 Å². The van der Waals surface area contributed by atoms with E-state index in [1.165, 1.54) is 11.1 Å². The molecule has 1 saturated heterocycles. The van der Waals surface area contributed by atoms with Crippen molar-refractivity contribution in [1.82, 2.24) is 14.8 Å². The van der Waals surface area contributed by atoms with Crippen molar-refractivity contribution in [1.29, 1.82) is 0 Å². The highest BCUT2D eigenvalue weighted by Gasteiger charge is 2.25. The highest BCUT2D eigenvalue weighted by atomic mass is 79.9. The number of pyridine rings is 1. The van der Waals surface area contributed by atoms with Crippen LogP contribution in [-0.4, -0.2) is 46.9 Å². The van der Waals surface area contributed by atoms with E-state index in [1.807, 2.05) is 59.5 Å². The number of aromatic nitrogens is 1. The first kappa shape index (κ1) is 24.7. The van der Waals surface area contributed by atoms with Gasteiger partial charge in [-0.15, -0.1) is 0 Å². The van der Waals surface area contributed by atoms with E-state index in [0.717, 1.165) is 59.4 Å². The summed E-state index contributed by atoms with van der Waals surface area (Å²) in [5, 5.41) is 0.885. The van der Waals surface area contributed by atoms with E-state index in [-0.39, 0.29) is 11.3 Å². The monoisotopic (exact) mass is 541 g/mol. The van der Waals surface area contributed by atoms with Gasteiger partial charge in [0.05, 0.1) is 16.8 Å². The van der Waals surface area contributed by atoms with Crippen molar-refractivity contribution in [2.75, 3.05) is 26.2 Å². The Bertz CT molecular complexity index is 1370. The van der Waals surface area contributed by atoms with Crippen LogP contribution < -0.4 is 0 Å². The zero-order valence-electron chi connectivity index (χ0n) is 21.2. The highest BCUT2D eigenvalue weighted by molar-refractivity contribution is 9.10. The van der Waals surface area contributed by atoms with Crippen LogP contribution in [0.3, 0.4) is 0 Å². The quantitative estimate of drug-likeness (QED) is 0.281. The number of piperazine rings is 1. The predicted molar refractivity (Wildman–Crippen MR) is 151 cm³/mol. The molecule has 0 N–H and O–H groups in total. The molecule has 0 radical (unpaired) electrons. The molecular formula is C31H32BrN3O. The maximum atomic E-state index is 13.8. The fourth-order valence-corrected chi connectivity index (χ4v) is 5.14. The molecule has 1 aromatic heterocycles. The summed E-state index contributed by atoms with van der Waals surface area (Å²) in [6, 6.07) is 26.9. The number of carbonyl (C=O) groups excluding carboxylic acids is 1. The summed E-state index contributed by atoms with van der Waals surface area (Å²) in [7, 11) is 0. The molecule has 0 unspecified atom stereocenters. The standard InChI is InChI=1S/C31H32BrN3O/c1-31(2,3)24-11-9-22(10-12-24)21-34-15-17-35(18-16-34)30(36)27-20-29(23-7-5-4-6-8-23)33-28-14-13-25(32)19-26(27)28/h4-14,19-20H,15-18,21H2,1-3H3. The number of carbonyl (C=O) groups is 1. The van der Waals surface area contributed by atoms with Crippen molar-refractivity contribution in [3.63, 3.8) is 0 Å². The van der Waals surface area contributed by atoms with E-state index in [1.54, 1.807) is 0 Å². The number of amides is 1. The molecule has 3 aromatic carbocycles. The van der Waals surface area contributed by atoms with Gasteiger partial charge in [-0.25, -0.2) is 4.98 Å². The van der Waals surface area contributed by atoms with Crippen LogP contribution in [0.15, 0.2) is 83.3 Å². The van der Waals surface area contributed by atoms with Crippen LogP contribution >= 0.6 is 15.9 Å². The fourth-order valence-electron chi connectivity index (χ4n) is 4.78. The molecule has 1 amide bonds. The van der Waals surface area contributed by atoms with Gasteiger partial charge in [0.25, 0.3) is 5.91 Å². The van der Waals surface area contributed by atoms with Crippen molar-refractivity contribution in [3.8, 4) is 11.3 Å². The lowest BCUT2D eigenvalue weighted by Gasteiger charge is -2.35. The van der Waals surface area contributed by atoms with Crippen LogP contribution in [0.1, 0.15) is 42.3 Å². The lowest BCUT2D eigenvalue weighted by atomic mass is 9.87. The van der Waals surface area contributed by atoms with Crippen molar-refractivity contribution in [2.24, 2.45) is 0 Å². The first-order chi connectivity index (χ1) is 17.3. The number of hydrogen-bond acceptors (Lipinski definition) is 3. The van der Waals surface area contributed by atoms with Crippen LogP contribution in [0, 0.1) is 0 Å². The van der Waals surface area contributed by atoms with Crippen LogP contribution in [0.2, 0.25) is 0 Å². The predicted octanol–water partition coefficient (Wildman–Crippen LogP) is 6.92. The molecule has 0 spiro atoms. The maximum Gasteiger partial charge on any atom is 0.254 e. The highest BCUT2D eigenvalue weighted by Crippen LogP contribution is 2.29. The number of fused-ring (bicyclic) bond motifs is 1. The van der Waals surface area contributed by atoms with Crippen molar-refractivity contribution in [3.05, 3.63) is 100 Å². The van der Waals surface area contributed by atoms with Gasteiger partial charge >= 0.3 is 0 Å². The van der Waals surface area contributed by atoms with E-state index >= 15 is 0 Å². The Kier molecular flexibility index (Phi) is 6.96. The molecule has 1 fully saturated rings. The van der Waals surface area contributed by atoms with Gasteiger partial charge in [0.1, 0.15) is 0 Å². The molecule has 5 rings (SSSR count). The Morgan fingerprint density at radius 2 is 1.58 bits per heavy atom. The van der Waals surface area contributed by atoms with Gasteiger partial charge in [-0.1, -0.05) is 91.3 Å². The third kappa shape index (κ3) is 5.37. The Balaban J connectivity index is 1.33. The van der Waals surface area contributed by atoms with Crippen LogP contribution in [0.5, 0.6) is 0 Å². The Hall–Kier alpha value is -3.02. The largest absolute Gasteiger partial charge is 0.336 e. The zero-order chi connectivity index (χ0) is 25.3. The third-order valence-corrected chi connectivity index (χ3v) is 7.45. The van der Waals surface area contributed by atoms with E-state index in [2.05, 4.69) is 65.9 Å². The van der Waals surface area contributed by atoms with E-state index in [4.69, 9.17) is 4.98 Å². The number of nitrogens with zero attached hydrogens (tertiary/aromatic N) is 3. The van der Waals surface area contributed by atoms with Crippen molar-refractivity contribution < 1.29 is 4.79 Å². The molecule has 0 aliphatic carbocycles. The molecule has 0 saturated carbocycles. The van der Waals surface area contributed by atoms with Gasteiger partial charge in [0.15, 0.2) is 0 Å². The molecule has 1 aliphatic rings. The van der Waals surface area contributed by atoms with E-state index < -0.39 is 0 Å². The van der Waals surface area contributed by atoms with Crippen LogP contribution in [-0.2, 0) is 12.0 Å². The second kappa shape index (κ2) is 10.2. The molecule has 184 valence electrons. The molecule has 36 heavy (non-hydrogen) atoms. The Morgan fingerprint density at radius 1 is 0.889 bits per heavy atom. The van der Waals surface area contributed by atoms with Crippen molar-refractivity contribution in [2.45, 2.75) is 32.7 Å². The van der Waals surface area contributed by atoms with Gasteiger partial charge < -0.3 is 4.90 Å². The topological polar surface area (TPSA) is 36.4 Å². The van der Waals surface area contributed by atoms with Gasteiger partial charge in [0, 0.05) is 48.1 Å². The number of rotatable bonds is 4. The summed E-state index contributed by atoms with van der Waals surface area (Å²) in [6.45, 7) is 10.8. The molecular weight excluding hydrogens is 510 g/mol. The Morgan fingerprint density at radius 3 is 2.25 bits per heavy atom. The summed E-state index contributed by atoms with van der Waals surface area (Å²) < 4.78 is 0.945. The second-order valence-corrected chi connectivity index (χ2v) is 11.5. The maximum absolute atomic E-state index is 13.8. The average Bonchev–Trinajstić information content (AvgIpc) is 2.88. The summed E-state index contributed by atoms with van der Waals surface area (Å²) in [6.07, 6.45) is 0. The van der Waals surface area contributed by atoms with E-state index in [9.17, 15) is 4.79 Å². The summed E-state index contributed by atoms with van der Waals surface area (Å²) in [5.41, 5.74) is 6.22. The van der Waals surface area contributed by atoms with Crippen LogP contribution in [0.25, 0.3) is 22.2 Å². The normalized spacial score (nSPS) is 14.8. The molecule has 4 nitrogen and oxygen atoms in total. The van der Waals surface area contributed by atoms with Gasteiger partial charge in [-0.2, -0.15) is 0 Å². The Labute approximate surface area is 222 Å². The number of halogens is 1. The van der Waals surface area contributed by atoms with Gasteiger partial charge in [0.2, 0.25) is 0 Å². The smallest absolute Gasteiger partial charge is 0.254 e. The van der Waals surface area contributed by atoms with Crippen molar-refractivity contribution >= 4 is 32.7 Å². The molecule has 0 atom stereocenters. The molecule has 1 aliphatic heterocycles. The summed E-state index contributed by atoms with van der Waals surface area (Å²) in [5.74, 6) is 0.0758. The fraction of sp³-hybridized carbons (Fsp3) is 0.290. The lowest BCUT2D eigenvalue weighted by molar-refractivity contribution is 0.0630. The van der Waals surface area contributed by atoms with E-state index in [0.29, 0.717) is 5.56 Å². The summed E-state index contributed by atoms with van der Waals surface area (Å²) in [4.78, 5) is 23.1. The lowest BCUT2D eigenvalue weighted by Crippen LogP contribution is -2.48. The molecule has 0 bridgehead atoms.